The predicted octanol–water partition coefficient (Wildman–Crippen LogP) is 6.08. The van der Waals surface area contributed by atoms with E-state index in [-0.39, 0.29) is 17.9 Å². The molecule has 0 aliphatic carbocycles. The number of ether oxygens (including phenoxy) is 1. The first-order chi connectivity index (χ1) is 15.8. The highest BCUT2D eigenvalue weighted by molar-refractivity contribution is 6.03. The van der Waals surface area contributed by atoms with Crippen molar-refractivity contribution in [2.75, 3.05) is 5.32 Å². The molecule has 2 aromatic heterocycles. The van der Waals surface area contributed by atoms with Gasteiger partial charge in [-0.3, -0.25) is 9.78 Å². The maximum Gasteiger partial charge on any atom is 0.274 e. The number of nitrogens with one attached hydrogen (secondary N) is 1. The minimum absolute atomic E-state index is 0.123. The van der Waals surface area contributed by atoms with Crippen LogP contribution in [0.25, 0.3) is 11.3 Å². The van der Waals surface area contributed by atoms with E-state index >= 15 is 0 Å². The average Bonchev–Trinajstić information content (AvgIpc) is 2.80. The van der Waals surface area contributed by atoms with Gasteiger partial charge in [0.15, 0.2) is 0 Å². The molecule has 1 amide bonds. The van der Waals surface area contributed by atoms with Crippen molar-refractivity contribution in [3.8, 4) is 11.3 Å². The maximum absolute atomic E-state index is 14.4. The number of aromatic nitrogens is 2. The highest BCUT2D eigenvalue weighted by atomic mass is 19.1. The van der Waals surface area contributed by atoms with Gasteiger partial charge in [-0.2, -0.15) is 0 Å². The monoisotopic (exact) mass is 455 g/mol. The van der Waals surface area contributed by atoms with Gasteiger partial charge in [-0.25, -0.2) is 18.2 Å². The lowest BCUT2D eigenvalue weighted by atomic mass is 9.93. The van der Waals surface area contributed by atoms with Crippen LogP contribution in [0.15, 0.2) is 48.8 Å². The molecule has 172 valence electrons. The molecule has 1 fully saturated rings. The van der Waals surface area contributed by atoms with Gasteiger partial charge < -0.3 is 10.1 Å². The first-order valence-corrected chi connectivity index (χ1v) is 10.9. The van der Waals surface area contributed by atoms with Crippen LogP contribution in [0.2, 0.25) is 0 Å². The van der Waals surface area contributed by atoms with Crippen LogP contribution < -0.4 is 5.32 Å². The van der Waals surface area contributed by atoms with E-state index in [0.29, 0.717) is 11.6 Å². The van der Waals surface area contributed by atoms with Crippen LogP contribution in [-0.2, 0) is 4.74 Å². The summed E-state index contributed by atoms with van der Waals surface area (Å²) in [4.78, 5) is 20.9. The molecule has 1 aliphatic rings. The van der Waals surface area contributed by atoms with Gasteiger partial charge in [0, 0.05) is 11.8 Å². The van der Waals surface area contributed by atoms with Crippen molar-refractivity contribution in [2.24, 2.45) is 5.92 Å². The summed E-state index contributed by atoms with van der Waals surface area (Å²) in [5.74, 6) is -3.16. The molecule has 0 saturated carbocycles. The first-order valence-electron chi connectivity index (χ1n) is 10.9. The van der Waals surface area contributed by atoms with Crippen LogP contribution in [0, 0.1) is 23.4 Å². The summed E-state index contributed by atoms with van der Waals surface area (Å²) in [5, 5.41) is 2.74. The van der Waals surface area contributed by atoms with E-state index in [0.717, 1.165) is 49.1 Å². The fourth-order valence-electron chi connectivity index (χ4n) is 4.02. The summed E-state index contributed by atoms with van der Waals surface area (Å²) in [7, 11) is 0. The second-order valence-electron chi connectivity index (χ2n) is 8.38. The van der Waals surface area contributed by atoms with E-state index < -0.39 is 34.6 Å². The molecule has 2 atom stereocenters. The highest BCUT2D eigenvalue weighted by Gasteiger charge is 2.28. The van der Waals surface area contributed by atoms with Crippen LogP contribution >= 0.6 is 0 Å². The van der Waals surface area contributed by atoms with E-state index in [1.54, 1.807) is 12.3 Å². The number of carbonyl (C=O) groups excluding carboxylic acids is 1. The Kier molecular flexibility index (Phi) is 6.74. The van der Waals surface area contributed by atoms with Gasteiger partial charge in [0.1, 0.15) is 28.8 Å². The second kappa shape index (κ2) is 9.70. The Bertz CT molecular complexity index is 1150. The molecule has 5 nitrogen and oxygen atoms in total. The number of nitrogens with zero attached hydrogens (tertiary/aromatic N) is 2. The standard InChI is InChI=1S/C25H24F3N3O2/c1-14(2)21-7-4-8-22(33-21)15-11-12-29-13-20(15)31-25(32)19-10-9-18(28)24(30-19)23-16(26)5-3-6-17(23)27/h3,5-6,9-14,21-22H,4,7-8H2,1-2H3,(H,31,32)/t21-,22+/m0/s1. The zero-order chi connectivity index (χ0) is 23.5. The Labute approximate surface area is 190 Å². The third-order valence-corrected chi connectivity index (χ3v) is 5.77. The Hall–Kier alpha value is -3.26. The maximum atomic E-state index is 14.4. The minimum atomic E-state index is -0.970. The number of amides is 1. The summed E-state index contributed by atoms with van der Waals surface area (Å²) in [6.07, 6.45) is 5.85. The van der Waals surface area contributed by atoms with Crippen molar-refractivity contribution >= 4 is 11.6 Å². The van der Waals surface area contributed by atoms with Crippen LogP contribution in [0.4, 0.5) is 18.9 Å². The summed E-state index contributed by atoms with van der Waals surface area (Å²) >= 11 is 0. The smallest absolute Gasteiger partial charge is 0.274 e. The molecule has 8 heteroatoms. The summed E-state index contributed by atoms with van der Waals surface area (Å²) in [6.45, 7) is 4.22. The zero-order valence-electron chi connectivity index (χ0n) is 18.3. The molecule has 0 unspecified atom stereocenters. The number of hydrogen-bond acceptors (Lipinski definition) is 4. The number of carbonyl (C=O) groups is 1. The van der Waals surface area contributed by atoms with Gasteiger partial charge in [-0.05, 0) is 55.5 Å². The second-order valence-corrected chi connectivity index (χ2v) is 8.38. The fraction of sp³-hybridized carbons (Fsp3) is 0.320. The number of pyridine rings is 2. The Balaban J connectivity index is 1.61. The molecule has 0 radical (unpaired) electrons. The molecule has 1 N–H and O–H groups in total. The lowest BCUT2D eigenvalue weighted by Gasteiger charge is -2.33. The van der Waals surface area contributed by atoms with Crippen molar-refractivity contribution in [1.29, 1.82) is 0 Å². The number of halogens is 3. The van der Waals surface area contributed by atoms with Gasteiger partial charge in [0.25, 0.3) is 5.91 Å². The number of rotatable bonds is 5. The molecule has 0 bridgehead atoms. The van der Waals surface area contributed by atoms with E-state index in [2.05, 4.69) is 29.1 Å². The normalized spacial score (nSPS) is 18.4. The lowest BCUT2D eigenvalue weighted by Crippen LogP contribution is -2.27. The quantitative estimate of drug-likeness (QED) is 0.507. The SMILES string of the molecule is CC(C)[C@@H]1CCC[C@H](c2ccncc2NC(=O)c2ccc(F)c(-c3c(F)cccc3F)n2)O1. The van der Waals surface area contributed by atoms with E-state index in [1.165, 1.54) is 12.3 Å². The Morgan fingerprint density at radius 3 is 2.55 bits per heavy atom. The van der Waals surface area contributed by atoms with E-state index in [4.69, 9.17) is 4.74 Å². The Morgan fingerprint density at radius 1 is 1.06 bits per heavy atom. The van der Waals surface area contributed by atoms with Gasteiger partial charge in [-0.1, -0.05) is 19.9 Å². The fourth-order valence-corrected chi connectivity index (χ4v) is 4.02. The van der Waals surface area contributed by atoms with Crippen molar-refractivity contribution < 1.29 is 22.7 Å². The van der Waals surface area contributed by atoms with Gasteiger partial charge in [0.05, 0.1) is 29.7 Å². The topological polar surface area (TPSA) is 64.1 Å². The molecule has 3 aromatic rings. The van der Waals surface area contributed by atoms with Crippen molar-refractivity contribution in [3.63, 3.8) is 0 Å². The average molecular weight is 455 g/mol. The third kappa shape index (κ3) is 4.90. The molecule has 33 heavy (non-hydrogen) atoms. The highest BCUT2D eigenvalue weighted by Crippen LogP contribution is 2.37. The van der Waals surface area contributed by atoms with Crippen LogP contribution in [-0.4, -0.2) is 22.0 Å². The molecule has 3 heterocycles. The van der Waals surface area contributed by atoms with Crippen molar-refractivity contribution in [1.82, 2.24) is 9.97 Å². The molecule has 1 aromatic carbocycles. The van der Waals surface area contributed by atoms with Gasteiger partial charge in [-0.15, -0.1) is 0 Å². The van der Waals surface area contributed by atoms with Crippen LogP contribution in [0.3, 0.4) is 0 Å². The number of benzene rings is 1. The van der Waals surface area contributed by atoms with Crippen LogP contribution in [0.1, 0.15) is 55.3 Å². The number of anilines is 1. The lowest BCUT2D eigenvalue weighted by molar-refractivity contribution is -0.0723. The molecule has 1 aliphatic heterocycles. The van der Waals surface area contributed by atoms with E-state index in [9.17, 15) is 18.0 Å². The van der Waals surface area contributed by atoms with E-state index in [1.807, 2.05) is 0 Å². The predicted molar refractivity (Wildman–Crippen MR) is 118 cm³/mol. The Morgan fingerprint density at radius 2 is 1.82 bits per heavy atom. The molecular weight excluding hydrogens is 431 g/mol. The van der Waals surface area contributed by atoms with Gasteiger partial charge >= 0.3 is 0 Å². The summed E-state index contributed by atoms with van der Waals surface area (Å²) in [6, 6.07) is 7.09. The molecule has 0 spiro atoms. The van der Waals surface area contributed by atoms with Gasteiger partial charge in [0.2, 0.25) is 0 Å². The van der Waals surface area contributed by atoms with Crippen molar-refractivity contribution in [3.05, 3.63) is 77.5 Å². The molecular formula is C25H24F3N3O2. The number of hydrogen-bond donors (Lipinski definition) is 1. The third-order valence-electron chi connectivity index (χ3n) is 5.77. The molecule has 4 rings (SSSR count). The van der Waals surface area contributed by atoms with Crippen LogP contribution in [0.5, 0.6) is 0 Å². The van der Waals surface area contributed by atoms with Crippen molar-refractivity contribution in [2.45, 2.75) is 45.3 Å². The minimum Gasteiger partial charge on any atom is -0.370 e. The first kappa shape index (κ1) is 22.9. The largest absolute Gasteiger partial charge is 0.370 e. The summed E-state index contributed by atoms with van der Waals surface area (Å²) in [5.41, 5.74) is -0.150. The summed E-state index contributed by atoms with van der Waals surface area (Å²) < 4.78 is 49.0. The molecule has 1 saturated heterocycles. The zero-order valence-corrected chi connectivity index (χ0v) is 18.3.